The third kappa shape index (κ3) is 4.45. The number of aromatic nitrogens is 2. The Morgan fingerprint density at radius 2 is 1.89 bits per heavy atom. The molecule has 0 atom stereocenters. The Morgan fingerprint density at radius 3 is 2.46 bits per heavy atom. The predicted octanol–water partition coefficient (Wildman–Crippen LogP) is 2.43. The van der Waals surface area contributed by atoms with Crippen LogP contribution in [0, 0.1) is 25.5 Å². The van der Waals surface area contributed by atoms with Crippen LogP contribution in [-0.2, 0) is 23.0 Å². The summed E-state index contributed by atoms with van der Waals surface area (Å²) in [6.45, 7) is 3.34. The van der Waals surface area contributed by atoms with Crippen molar-refractivity contribution in [2.45, 2.75) is 31.7 Å². The van der Waals surface area contributed by atoms with Crippen molar-refractivity contribution in [3.63, 3.8) is 0 Å². The lowest BCUT2D eigenvalue weighted by molar-refractivity contribution is 0.499. The number of hydrogen-bond acceptors (Lipinski definition) is 4. The van der Waals surface area contributed by atoms with Crippen LogP contribution in [0.4, 0.5) is 13.2 Å². The van der Waals surface area contributed by atoms with E-state index in [0.717, 1.165) is 10.4 Å². The van der Waals surface area contributed by atoms with Gasteiger partial charge in [0.1, 0.15) is 22.4 Å². The number of sulfonamides is 1. The van der Waals surface area contributed by atoms with Gasteiger partial charge in [-0.15, -0.1) is 0 Å². The molecule has 0 saturated carbocycles. The van der Waals surface area contributed by atoms with Crippen molar-refractivity contribution >= 4 is 10.0 Å². The second-order valence-corrected chi connectivity index (χ2v) is 8.65. The Labute approximate surface area is 162 Å². The number of nitrogens with zero attached hydrogens (tertiary/aromatic N) is 3. The number of rotatable bonds is 7. The van der Waals surface area contributed by atoms with E-state index >= 15 is 0 Å². The third-order valence-corrected chi connectivity index (χ3v) is 6.23. The number of benzene rings is 1. The van der Waals surface area contributed by atoms with Crippen molar-refractivity contribution in [3.8, 4) is 0 Å². The molecule has 28 heavy (non-hydrogen) atoms. The van der Waals surface area contributed by atoms with Crippen LogP contribution in [0.15, 0.2) is 28.9 Å². The minimum Gasteiger partial charge on any atom is -0.327 e. The van der Waals surface area contributed by atoms with E-state index in [1.54, 1.807) is 13.8 Å². The average molecular weight is 416 g/mol. The van der Waals surface area contributed by atoms with Crippen molar-refractivity contribution < 1.29 is 21.6 Å². The van der Waals surface area contributed by atoms with E-state index < -0.39 is 32.4 Å². The molecule has 0 unspecified atom stereocenters. The molecule has 0 fully saturated rings. The van der Waals surface area contributed by atoms with E-state index in [-0.39, 0.29) is 25.1 Å². The zero-order chi connectivity index (χ0) is 21.2. The van der Waals surface area contributed by atoms with Gasteiger partial charge in [0, 0.05) is 43.9 Å². The van der Waals surface area contributed by atoms with Gasteiger partial charge in [-0.05, 0) is 32.1 Å². The molecular weight excluding hydrogens is 393 g/mol. The first kappa shape index (κ1) is 22.1. The summed E-state index contributed by atoms with van der Waals surface area (Å²) in [5, 5.41) is 4.26. The molecule has 0 aliphatic rings. The molecule has 1 aromatic carbocycles. The molecule has 0 aliphatic heterocycles. The van der Waals surface area contributed by atoms with Crippen LogP contribution in [0.2, 0.25) is 0 Å². The molecule has 0 bridgehead atoms. The van der Waals surface area contributed by atoms with Gasteiger partial charge < -0.3 is 5.73 Å². The van der Waals surface area contributed by atoms with Crippen LogP contribution in [0.3, 0.4) is 0 Å². The van der Waals surface area contributed by atoms with Gasteiger partial charge in [-0.2, -0.15) is 5.10 Å². The molecule has 2 rings (SSSR count). The molecule has 154 valence electrons. The molecule has 0 amide bonds. The van der Waals surface area contributed by atoms with Crippen LogP contribution < -0.4 is 5.73 Å². The standard InChI is InChI=1S/C18H23F3N4O2S/c1-11-15(8-14(19)5-6-22)12(2)25(23-11)10-13-7-17(21)18(9-16(13)20)28(26,27)24(3)4/h5,7,9H,6,8,10,22H2,1-4H3/b14-5-. The summed E-state index contributed by atoms with van der Waals surface area (Å²) in [6.07, 6.45) is 1.26. The van der Waals surface area contributed by atoms with E-state index in [1.165, 1.54) is 24.9 Å². The van der Waals surface area contributed by atoms with E-state index in [4.69, 9.17) is 5.73 Å². The van der Waals surface area contributed by atoms with Gasteiger partial charge >= 0.3 is 0 Å². The van der Waals surface area contributed by atoms with Gasteiger partial charge in [0.05, 0.1) is 12.2 Å². The summed E-state index contributed by atoms with van der Waals surface area (Å²) in [5.74, 6) is -2.32. The second kappa shape index (κ2) is 8.46. The van der Waals surface area contributed by atoms with Gasteiger partial charge in [0.25, 0.3) is 0 Å². The summed E-state index contributed by atoms with van der Waals surface area (Å²) in [7, 11) is -1.65. The summed E-state index contributed by atoms with van der Waals surface area (Å²) >= 11 is 0. The highest BCUT2D eigenvalue weighted by Crippen LogP contribution is 2.24. The average Bonchev–Trinajstić information content (AvgIpc) is 2.85. The third-order valence-electron chi connectivity index (χ3n) is 4.40. The lowest BCUT2D eigenvalue weighted by Crippen LogP contribution is -2.23. The van der Waals surface area contributed by atoms with Crippen molar-refractivity contribution in [1.29, 1.82) is 0 Å². The number of aryl methyl sites for hydroxylation is 1. The van der Waals surface area contributed by atoms with Crippen molar-refractivity contribution in [1.82, 2.24) is 14.1 Å². The maximum atomic E-state index is 14.5. The fraction of sp³-hybridized carbons (Fsp3) is 0.389. The quantitative estimate of drug-likeness (QED) is 0.752. The first-order chi connectivity index (χ1) is 13.0. The van der Waals surface area contributed by atoms with Gasteiger partial charge in [0.2, 0.25) is 10.0 Å². The molecule has 2 aromatic rings. The fourth-order valence-corrected chi connectivity index (χ4v) is 3.71. The molecule has 0 saturated heterocycles. The first-order valence-corrected chi connectivity index (χ1v) is 9.91. The second-order valence-electron chi connectivity index (χ2n) is 6.53. The summed E-state index contributed by atoms with van der Waals surface area (Å²) < 4.78 is 69.0. The van der Waals surface area contributed by atoms with Crippen molar-refractivity contribution in [2.24, 2.45) is 5.73 Å². The van der Waals surface area contributed by atoms with E-state index in [1.807, 2.05) is 0 Å². The molecule has 10 heteroatoms. The maximum Gasteiger partial charge on any atom is 0.245 e. The molecule has 2 N–H and O–H groups in total. The zero-order valence-electron chi connectivity index (χ0n) is 16.1. The highest BCUT2D eigenvalue weighted by atomic mass is 32.2. The van der Waals surface area contributed by atoms with E-state index in [9.17, 15) is 21.6 Å². The van der Waals surface area contributed by atoms with Crippen LogP contribution >= 0.6 is 0 Å². The number of hydrogen-bond donors (Lipinski definition) is 1. The Morgan fingerprint density at radius 1 is 1.25 bits per heavy atom. The molecule has 0 spiro atoms. The molecule has 0 aliphatic carbocycles. The Bertz CT molecular complexity index is 1010. The van der Waals surface area contributed by atoms with Gasteiger partial charge in [-0.25, -0.2) is 25.9 Å². The highest BCUT2D eigenvalue weighted by Gasteiger charge is 2.24. The van der Waals surface area contributed by atoms with Gasteiger partial charge in [-0.3, -0.25) is 4.68 Å². The van der Waals surface area contributed by atoms with Crippen molar-refractivity contribution in [2.75, 3.05) is 20.6 Å². The summed E-state index contributed by atoms with van der Waals surface area (Å²) in [5.41, 5.74) is 7.03. The zero-order valence-corrected chi connectivity index (χ0v) is 16.9. The topological polar surface area (TPSA) is 81.2 Å². The fourth-order valence-electron chi connectivity index (χ4n) is 2.76. The Balaban J connectivity index is 2.40. The largest absolute Gasteiger partial charge is 0.327 e. The van der Waals surface area contributed by atoms with E-state index in [0.29, 0.717) is 23.0 Å². The normalized spacial score (nSPS) is 12.8. The molecule has 1 aromatic heterocycles. The molecular formula is C18H23F3N4O2S. The van der Waals surface area contributed by atoms with Crippen LogP contribution in [0.1, 0.15) is 22.5 Å². The minimum atomic E-state index is -4.11. The maximum absolute atomic E-state index is 14.5. The van der Waals surface area contributed by atoms with Gasteiger partial charge in [0.15, 0.2) is 0 Å². The van der Waals surface area contributed by atoms with Crippen LogP contribution in [0.5, 0.6) is 0 Å². The van der Waals surface area contributed by atoms with Crippen LogP contribution in [-0.4, -0.2) is 43.1 Å². The lowest BCUT2D eigenvalue weighted by atomic mass is 10.1. The molecule has 0 radical (unpaired) electrons. The van der Waals surface area contributed by atoms with Crippen LogP contribution in [0.25, 0.3) is 0 Å². The molecule has 1 heterocycles. The highest BCUT2D eigenvalue weighted by molar-refractivity contribution is 7.89. The molecule has 6 nitrogen and oxygen atoms in total. The SMILES string of the molecule is Cc1nn(Cc2cc(F)c(S(=O)(=O)N(C)C)cc2F)c(C)c1C/C(F)=C/CN. The number of halogens is 3. The Kier molecular flexibility index (Phi) is 6.68. The van der Waals surface area contributed by atoms with Crippen molar-refractivity contribution in [3.05, 3.63) is 58.2 Å². The van der Waals surface area contributed by atoms with E-state index in [2.05, 4.69) is 5.10 Å². The minimum absolute atomic E-state index is 0.00568. The Hall–Kier alpha value is -2.17. The van der Waals surface area contributed by atoms with Gasteiger partial charge in [-0.1, -0.05) is 0 Å². The monoisotopic (exact) mass is 416 g/mol. The smallest absolute Gasteiger partial charge is 0.245 e. The predicted molar refractivity (Wildman–Crippen MR) is 100.0 cm³/mol. The number of nitrogens with two attached hydrogens (primary N) is 1. The number of allylic oxidation sites excluding steroid dienone is 1. The summed E-state index contributed by atoms with van der Waals surface area (Å²) in [4.78, 5) is -0.734. The first-order valence-electron chi connectivity index (χ1n) is 8.47. The summed E-state index contributed by atoms with van der Waals surface area (Å²) in [6, 6.07) is 1.51. The lowest BCUT2D eigenvalue weighted by Gasteiger charge is -2.14.